The van der Waals surface area contributed by atoms with Crippen LogP contribution in [0.15, 0.2) is 79.0 Å². The number of amides is 5. The van der Waals surface area contributed by atoms with Crippen LogP contribution in [0.25, 0.3) is 0 Å². The summed E-state index contributed by atoms with van der Waals surface area (Å²) in [6, 6.07) is 19.9. The van der Waals surface area contributed by atoms with Gasteiger partial charge in [0.1, 0.15) is 11.8 Å². The molecule has 4 aliphatic heterocycles. The van der Waals surface area contributed by atoms with E-state index in [2.05, 4.69) is 50.0 Å². The number of rotatable bonds is 18. The van der Waals surface area contributed by atoms with Gasteiger partial charge in [-0.1, -0.05) is 49.9 Å². The molecule has 1 unspecified atom stereocenters. The Labute approximate surface area is 332 Å². The molecule has 0 aliphatic carbocycles. The molecule has 3 aromatic carbocycles. The largest absolute Gasteiger partial charge is 0.507 e. The zero-order valence-corrected chi connectivity index (χ0v) is 32.1. The second kappa shape index (κ2) is 17.9. The molecule has 3 fully saturated rings. The van der Waals surface area contributed by atoms with Crippen LogP contribution in [0.1, 0.15) is 101 Å². The number of imide groups is 2. The highest BCUT2D eigenvalue weighted by Gasteiger charge is 2.45. The van der Waals surface area contributed by atoms with E-state index in [1.165, 1.54) is 11.8 Å². The van der Waals surface area contributed by atoms with Crippen molar-refractivity contribution in [1.29, 1.82) is 0 Å². The first-order valence-electron chi connectivity index (χ1n) is 20.1. The van der Waals surface area contributed by atoms with E-state index in [0.717, 1.165) is 80.7 Å². The van der Waals surface area contributed by atoms with Crippen molar-refractivity contribution in [2.75, 3.05) is 36.4 Å². The number of nitrogens with zero attached hydrogens (tertiary/aromatic N) is 3. The van der Waals surface area contributed by atoms with E-state index in [4.69, 9.17) is 0 Å². The highest BCUT2D eigenvalue weighted by atomic mass is 16.3. The predicted octanol–water partition coefficient (Wildman–Crippen LogP) is 4.95. The molecule has 4 N–H and O–H groups in total. The minimum absolute atomic E-state index is 0.00447. The number of piperidine rings is 1. The summed E-state index contributed by atoms with van der Waals surface area (Å²) in [4.78, 5) is 80.4. The number of carbonyl (C=O) groups excluding carboxylic acids is 6. The Morgan fingerprint density at radius 2 is 1.56 bits per heavy atom. The normalized spacial score (nSPS) is 20.1. The fourth-order valence-electron chi connectivity index (χ4n) is 8.33. The van der Waals surface area contributed by atoms with Crippen molar-refractivity contribution in [3.8, 4) is 5.75 Å². The molecule has 0 radical (unpaired) electrons. The number of para-hydroxylation sites is 1. The van der Waals surface area contributed by atoms with Gasteiger partial charge in [0, 0.05) is 74.8 Å². The number of fused-ring (bicyclic) bond motifs is 3. The SMILES string of the molecule is O=C(CCc1ccc(N2C[C@H]3C[C@@H]2CN3/C=C/C(=O)c2ccccc2O)cc1)NCCCCCCCCNc1ccc2c(c1)C(=O)N(C1CCC(=O)NC1=O)C2=O. The molecule has 0 saturated carbocycles. The molecule has 3 atom stereocenters. The van der Waals surface area contributed by atoms with Crippen LogP contribution in [0.4, 0.5) is 11.4 Å². The van der Waals surface area contributed by atoms with Gasteiger partial charge in [0.05, 0.1) is 16.7 Å². The predicted molar refractivity (Wildman–Crippen MR) is 215 cm³/mol. The number of hydrogen-bond donors (Lipinski definition) is 4. The number of piperazine rings is 1. The molecular weight excluding hydrogens is 725 g/mol. The third-order valence-corrected chi connectivity index (χ3v) is 11.5. The van der Waals surface area contributed by atoms with Gasteiger partial charge in [0.2, 0.25) is 17.7 Å². The summed E-state index contributed by atoms with van der Waals surface area (Å²) in [5, 5.41) is 18.6. The zero-order valence-electron chi connectivity index (χ0n) is 32.1. The van der Waals surface area contributed by atoms with Gasteiger partial charge in [0.25, 0.3) is 11.8 Å². The smallest absolute Gasteiger partial charge is 0.262 e. The summed E-state index contributed by atoms with van der Waals surface area (Å²) >= 11 is 0. The molecular formula is C44H50N6O7. The molecule has 0 aromatic heterocycles. The Balaban J connectivity index is 0.720. The lowest BCUT2D eigenvalue weighted by atomic mass is 10.0. The monoisotopic (exact) mass is 774 g/mol. The first-order valence-corrected chi connectivity index (χ1v) is 20.1. The van der Waals surface area contributed by atoms with Crippen molar-refractivity contribution in [3.05, 3.63) is 101 Å². The van der Waals surface area contributed by atoms with Crippen molar-refractivity contribution in [2.45, 2.75) is 88.8 Å². The number of nitrogens with one attached hydrogen (secondary N) is 3. The first kappa shape index (κ1) is 39.3. The number of hydrogen-bond acceptors (Lipinski definition) is 10. The second-order valence-corrected chi connectivity index (χ2v) is 15.4. The van der Waals surface area contributed by atoms with Crippen LogP contribution >= 0.6 is 0 Å². The number of likely N-dealkylation sites (tertiary alicyclic amines) is 1. The van der Waals surface area contributed by atoms with E-state index in [9.17, 15) is 33.9 Å². The molecule has 2 bridgehead atoms. The Hall–Kier alpha value is -5.98. The number of benzene rings is 3. The van der Waals surface area contributed by atoms with Crippen molar-refractivity contribution in [1.82, 2.24) is 20.4 Å². The molecule has 4 heterocycles. The van der Waals surface area contributed by atoms with Crippen molar-refractivity contribution in [3.63, 3.8) is 0 Å². The number of aryl methyl sites for hydroxylation is 1. The first-order chi connectivity index (χ1) is 27.7. The standard InChI is InChI=1S/C44H50N6O7/c51-38-10-6-5-9-35(38)39(52)21-24-48-27-33-26-32(48)28-49(33)31-15-11-29(12-16-31)13-19-40(53)46-23-8-4-2-1-3-7-22-45-30-14-17-34-36(25-30)44(57)50(43(34)56)37-18-20-41(54)47-42(37)55/h5-6,9-12,14-17,21,24-25,32-33,37,45,51H,1-4,7-8,13,18-20,22-23,26-28H2,(H,46,53)(H,47,54,55)/b24-21+/t32-,33-,37?/m1/s1. The van der Waals surface area contributed by atoms with Gasteiger partial charge in [-0.05, 0) is 80.1 Å². The van der Waals surface area contributed by atoms with Gasteiger partial charge in [-0.3, -0.25) is 39.0 Å². The number of phenols is 1. The average Bonchev–Trinajstić information content (AvgIpc) is 3.88. The topological polar surface area (TPSA) is 168 Å². The third-order valence-electron chi connectivity index (χ3n) is 11.5. The maximum atomic E-state index is 13.0. The molecule has 4 aliphatic rings. The van der Waals surface area contributed by atoms with Gasteiger partial charge in [-0.25, -0.2) is 0 Å². The Bertz CT molecular complexity index is 2050. The average molecular weight is 775 g/mol. The summed E-state index contributed by atoms with van der Waals surface area (Å²) in [6.45, 7) is 3.13. The van der Waals surface area contributed by atoms with Gasteiger partial charge in [-0.2, -0.15) is 0 Å². The van der Waals surface area contributed by atoms with E-state index >= 15 is 0 Å². The van der Waals surface area contributed by atoms with E-state index < -0.39 is 29.7 Å². The number of ketones is 1. The molecule has 0 spiro atoms. The lowest BCUT2D eigenvalue weighted by Crippen LogP contribution is -2.54. The third kappa shape index (κ3) is 9.19. The number of carbonyl (C=O) groups is 6. The molecule has 57 heavy (non-hydrogen) atoms. The molecule has 3 saturated heterocycles. The molecule has 13 nitrogen and oxygen atoms in total. The number of phenolic OH excluding ortho intramolecular Hbond substituents is 1. The number of allylic oxidation sites excluding steroid dienone is 1. The maximum absolute atomic E-state index is 13.0. The summed E-state index contributed by atoms with van der Waals surface area (Å²) in [7, 11) is 0. The van der Waals surface area contributed by atoms with Crippen LogP contribution in [0, 0.1) is 0 Å². The Kier molecular flexibility index (Phi) is 12.3. The Morgan fingerprint density at radius 3 is 2.30 bits per heavy atom. The zero-order chi connectivity index (χ0) is 39.9. The summed E-state index contributed by atoms with van der Waals surface area (Å²) < 4.78 is 0. The molecule has 5 amide bonds. The highest BCUT2D eigenvalue weighted by molar-refractivity contribution is 6.23. The molecule has 298 valence electrons. The second-order valence-electron chi connectivity index (χ2n) is 15.4. The van der Waals surface area contributed by atoms with E-state index in [1.807, 2.05) is 6.20 Å². The molecule has 7 rings (SSSR count). The lowest BCUT2D eigenvalue weighted by Gasteiger charge is -2.35. The quantitative estimate of drug-likeness (QED) is 0.0601. The fourth-order valence-corrected chi connectivity index (χ4v) is 8.33. The summed E-state index contributed by atoms with van der Waals surface area (Å²) in [6.07, 6.45) is 12.0. The summed E-state index contributed by atoms with van der Waals surface area (Å²) in [5.74, 6) is -2.18. The number of aromatic hydroxyl groups is 1. The minimum atomic E-state index is -0.974. The van der Waals surface area contributed by atoms with Crippen molar-refractivity contribution >= 4 is 46.7 Å². The number of unbranched alkanes of at least 4 members (excludes halogenated alkanes) is 5. The lowest BCUT2D eigenvalue weighted by molar-refractivity contribution is -0.136. The van der Waals surface area contributed by atoms with Gasteiger partial charge < -0.3 is 25.5 Å². The van der Waals surface area contributed by atoms with Crippen LogP contribution in [0.2, 0.25) is 0 Å². The van der Waals surface area contributed by atoms with E-state index in [1.54, 1.807) is 42.5 Å². The summed E-state index contributed by atoms with van der Waals surface area (Å²) in [5.41, 5.74) is 3.90. The minimum Gasteiger partial charge on any atom is -0.507 e. The maximum Gasteiger partial charge on any atom is 0.262 e. The van der Waals surface area contributed by atoms with Crippen LogP contribution in [0.3, 0.4) is 0 Å². The van der Waals surface area contributed by atoms with Gasteiger partial charge >= 0.3 is 0 Å². The molecule has 13 heteroatoms. The van der Waals surface area contributed by atoms with Crippen molar-refractivity contribution in [2.24, 2.45) is 0 Å². The highest BCUT2D eigenvalue weighted by Crippen LogP contribution is 2.35. The number of anilines is 2. The van der Waals surface area contributed by atoms with Crippen LogP contribution in [-0.4, -0.2) is 94.5 Å². The van der Waals surface area contributed by atoms with E-state index in [0.29, 0.717) is 37.0 Å². The van der Waals surface area contributed by atoms with Crippen molar-refractivity contribution < 1.29 is 33.9 Å². The Morgan fingerprint density at radius 1 is 0.825 bits per heavy atom. The van der Waals surface area contributed by atoms with E-state index in [-0.39, 0.29) is 41.4 Å². The van der Waals surface area contributed by atoms with Crippen LogP contribution < -0.4 is 20.9 Å². The van der Waals surface area contributed by atoms with Gasteiger partial charge in [0.15, 0.2) is 5.78 Å². The fraction of sp³-hybridized carbons (Fsp3) is 0.409. The van der Waals surface area contributed by atoms with Crippen LogP contribution in [-0.2, 0) is 20.8 Å². The van der Waals surface area contributed by atoms with Gasteiger partial charge in [-0.15, -0.1) is 0 Å². The molecule has 3 aromatic rings. The van der Waals surface area contributed by atoms with Crippen LogP contribution in [0.5, 0.6) is 5.75 Å².